The van der Waals surface area contributed by atoms with Gasteiger partial charge in [-0.05, 0) is 48.7 Å². The van der Waals surface area contributed by atoms with E-state index in [2.05, 4.69) is 10.3 Å². The molecule has 3 aromatic rings. The molecule has 4 rings (SSSR count). The van der Waals surface area contributed by atoms with Crippen molar-refractivity contribution in [3.63, 3.8) is 0 Å². The highest BCUT2D eigenvalue weighted by Crippen LogP contribution is 2.25. The van der Waals surface area contributed by atoms with Crippen LogP contribution in [0.15, 0.2) is 54.9 Å². The summed E-state index contributed by atoms with van der Waals surface area (Å²) in [5, 5.41) is 2.96. The molecule has 1 aromatic heterocycles. The van der Waals surface area contributed by atoms with Crippen molar-refractivity contribution in [2.75, 3.05) is 24.5 Å². The molecular weight excluding hydrogens is 402 g/mol. The Balaban J connectivity index is 1.25. The highest BCUT2D eigenvalue weighted by Gasteiger charge is 2.24. The number of benzene rings is 2. The average Bonchev–Trinajstić information content (AvgIpc) is 3.42. The maximum absolute atomic E-state index is 13.5. The Hall–Kier alpha value is -3.42. The summed E-state index contributed by atoms with van der Waals surface area (Å²) in [7, 11) is 1.90. The number of halogens is 2. The molecule has 0 spiro atoms. The number of imidazole rings is 1. The fraction of sp³-hybridized carbons (Fsp3) is 0.304. The van der Waals surface area contributed by atoms with Gasteiger partial charge in [-0.1, -0.05) is 0 Å². The van der Waals surface area contributed by atoms with Crippen molar-refractivity contribution in [2.45, 2.75) is 13.0 Å². The van der Waals surface area contributed by atoms with Crippen LogP contribution in [0.5, 0.6) is 5.75 Å². The molecule has 1 N–H and O–H groups in total. The molecule has 1 aliphatic rings. The monoisotopic (exact) mass is 426 g/mol. The third-order valence-electron chi connectivity index (χ3n) is 5.51. The van der Waals surface area contributed by atoms with Crippen LogP contribution in [0.1, 0.15) is 22.6 Å². The largest absolute Gasteiger partial charge is 0.486 e. The second kappa shape index (κ2) is 9.16. The number of amides is 1. The number of nitrogens with zero attached hydrogens (tertiary/aromatic N) is 3. The molecule has 6 nitrogen and oxygen atoms in total. The van der Waals surface area contributed by atoms with E-state index in [0.29, 0.717) is 36.7 Å². The minimum Gasteiger partial charge on any atom is -0.486 e. The summed E-state index contributed by atoms with van der Waals surface area (Å²) in [5.74, 6) is -0.117. The van der Waals surface area contributed by atoms with Crippen LogP contribution in [-0.4, -0.2) is 35.1 Å². The van der Waals surface area contributed by atoms with Gasteiger partial charge in [0.15, 0.2) is 11.6 Å². The van der Waals surface area contributed by atoms with Crippen LogP contribution in [0.4, 0.5) is 14.5 Å². The van der Waals surface area contributed by atoms with E-state index < -0.39 is 11.6 Å². The van der Waals surface area contributed by atoms with Crippen molar-refractivity contribution < 1.29 is 18.3 Å². The molecule has 0 saturated carbocycles. The molecule has 2 heterocycles. The van der Waals surface area contributed by atoms with Crippen molar-refractivity contribution in [2.24, 2.45) is 13.0 Å². The van der Waals surface area contributed by atoms with Gasteiger partial charge in [-0.25, -0.2) is 13.8 Å². The topological polar surface area (TPSA) is 59.4 Å². The van der Waals surface area contributed by atoms with E-state index in [1.807, 2.05) is 22.7 Å². The van der Waals surface area contributed by atoms with Crippen LogP contribution in [0.3, 0.4) is 0 Å². The van der Waals surface area contributed by atoms with Crippen molar-refractivity contribution in [1.82, 2.24) is 14.9 Å². The Bertz CT molecular complexity index is 1050. The Kier molecular flexibility index (Phi) is 6.16. The summed E-state index contributed by atoms with van der Waals surface area (Å²) >= 11 is 0. The number of nitrogens with one attached hydrogen (secondary N) is 1. The standard InChI is InChI=1S/C23H24F2N4O2/c1-28-11-9-26-22(28)15-31-19-5-2-17(3-6-19)23(30)27-13-16-8-10-29(14-16)18-4-7-20(24)21(25)12-18/h2-7,9,11-12,16H,8,10,13-15H2,1H3,(H,27,30). The Labute approximate surface area is 179 Å². The van der Waals surface area contributed by atoms with E-state index in [-0.39, 0.29) is 11.8 Å². The van der Waals surface area contributed by atoms with Crippen molar-refractivity contribution >= 4 is 11.6 Å². The van der Waals surface area contributed by atoms with Gasteiger partial charge in [0.1, 0.15) is 18.2 Å². The van der Waals surface area contributed by atoms with Gasteiger partial charge in [0.05, 0.1) is 0 Å². The minimum atomic E-state index is -0.847. The molecule has 2 aromatic carbocycles. The third kappa shape index (κ3) is 5.02. The van der Waals surface area contributed by atoms with Crippen LogP contribution >= 0.6 is 0 Å². The number of hydrogen-bond donors (Lipinski definition) is 1. The molecule has 0 bridgehead atoms. The SMILES string of the molecule is Cn1ccnc1COc1ccc(C(=O)NCC2CCN(c3ccc(F)c(F)c3)C2)cc1. The first-order valence-corrected chi connectivity index (χ1v) is 10.2. The van der Waals surface area contributed by atoms with Crippen LogP contribution in [0, 0.1) is 17.6 Å². The normalized spacial score (nSPS) is 15.8. The van der Waals surface area contributed by atoms with Gasteiger partial charge in [-0.2, -0.15) is 0 Å². The minimum absolute atomic E-state index is 0.151. The van der Waals surface area contributed by atoms with Gasteiger partial charge in [-0.3, -0.25) is 4.79 Å². The van der Waals surface area contributed by atoms with Crippen LogP contribution in [0.2, 0.25) is 0 Å². The molecule has 8 heteroatoms. The first kappa shape index (κ1) is 20.8. The molecule has 1 fully saturated rings. The summed E-state index contributed by atoms with van der Waals surface area (Å²) < 4.78 is 34.2. The van der Waals surface area contributed by atoms with E-state index in [9.17, 15) is 13.6 Å². The lowest BCUT2D eigenvalue weighted by Gasteiger charge is -2.19. The Morgan fingerprint density at radius 2 is 2.00 bits per heavy atom. The van der Waals surface area contributed by atoms with Gasteiger partial charge in [0, 0.05) is 56.4 Å². The van der Waals surface area contributed by atoms with Gasteiger partial charge >= 0.3 is 0 Å². The fourth-order valence-electron chi connectivity index (χ4n) is 3.64. The van der Waals surface area contributed by atoms with E-state index >= 15 is 0 Å². The second-order valence-corrected chi connectivity index (χ2v) is 7.68. The number of hydrogen-bond acceptors (Lipinski definition) is 4. The second-order valence-electron chi connectivity index (χ2n) is 7.68. The van der Waals surface area contributed by atoms with E-state index in [0.717, 1.165) is 24.9 Å². The maximum Gasteiger partial charge on any atom is 0.251 e. The van der Waals surface area contributed by atoms with Crippen LogP contribution in [0.25, 0.3) is 0 Å². The first-order valence-electron chi connectivity index (χ1n) is 10.2. The van der Waals surface area contributed by atoms with Crippen LogP contribution < -0.4 is 15.0 Å². The summed E-state index contributed by atoms with van der Waals surface area (Å²) in [6, 6.07) is 10.9. The molecule has 1 saturated heterocycles. The maximum atomic E-state index is 13.5. The summed E-state index contributed by atoms with van der Waals surface area (Å²) in [6.45, 7) is 2.31. The van der Waals surface area contributed by atoms with Gasteiger partial charge in [0.25, 0.3) is 5.91 Å². The Morgan fingerprint density at radius 3 is 2.71 bits per heavy atom. The Morgan fingerprint density at radius 1 is 1.19 bits per heavy atom. The predicted molar refractivity (Wildman–Crippen MR) is 113 cm³/mol. The lowest BCUT2D eigenvalue weighted by atomic mass is 10.1. The zero-order chi connectivity index (χ0) is 21.8. The third-order valence-corrected chi connectivity index (χ3v) is 5.51. The molecule has 0 radical (unpaired) electrons. The summed E-state index contributed by atoms with van der Waals surface area (Å²) in [5.41, 5.74) is 1.22. The first-order chi connectivity index (χ1) is 15.0. The summed E-state index contributed by atoms with van der Waals surface area (Å²) in [6.07, 6.45) is 4.44. The van der Waals surface area contributed by atoms with E-state index in [1.54, 1.807) is 36.5 Å². The average molecular weight is 426 g/mol. The number of carbonyl (C=O) groups is 1. The molecule has 1 atom stereocenters. The zero-order valence-electron chi connectivity index (χ0n) is 17.2. The molecule has 162 valence electrons. The lowest BCUT2D eigenvalue weighted by Crippen LogP contribution is -2.31. The van der Waals surface area contributed by atoms with Crippen molar-refractivity contribution in [3.8, 4) is 5.75 Å². The molecule has 0 aliphatic carbocycles. The number of rotatable bonds is 7. The smallest absolute Gasteiger partial charge is 0.251 e. The van der Waals surface area contributed by atoms with Crippen LogP contribution in [-0.2, 0) is 13.7 Å². The molecule has 1 aliphatic heterocycles. The molecule has 1 amide bonds. The highest BCUT2D eigenvalue weighted by atomic mass is 19.2. The zero-order valence-corrected chi connectivity index (χ0v) is 17.2. The van der Waals surface area contributed by atoms with E-state index in [1.165, 1.54) is 6.07 Å². The van der Waals surface area contributed by atoms with Crippen molar-refractivity contribution in [3.05, 3.63) is 77.9 Å². The van der Waals surface area contributed by atoms with Crippen molar-refractivity contribution in [1.29, 1.82) is 0 Å². The number of anilines is 1. The lowest BCUT2D eigenvalue weighted by molar-refractivity contribution is 0.0948. The number of aryl methyl sites for hydroxylation is 1. The quantitative estimate of drug-likeness (QED) is 0.628. The number of carbonyl (C=O) groups excluding carboxylic acids is 1. The predicted octanol–water partition coefficient (Wildman–Crippen LogP) is 3.53. The van der Waals surface area contributed by atoms with E-state index in [4.69, 9.17) is 4.74 Å². The summed E-state index contributed by atoms with van der Waals surface area (Å²) in [4.78, 5) is 18.7. The molecular formula is C23H24F2N4O2. The molecule has 1 unspecified atom stereocenters. The fourth-order valence-corrected chi connectivity index (χ4v) is 3.64. The van der Waals surface area contributed by atoms with Gasteiger partial charge < -0.3 is 19.5 Å². The van der Waals surface area contributed by atoms with Gasteiger partial charge in [-0.15, -0.1) is 0 Å². The number of aromatic nitrogens is 2. The van der Waals surface area contributed by atoms with Gasteiger partial charge in [0.2, 0.25) is 0 Å². The highest BCUT2D eigenvalue weighted by molar-refractivity contribution is 5.94. The number of ether oxygens (including phenoxy) is 1. The molecule has 31 heavy (non-hydrogen) atoms.